The van der Waals surface area contributed by atoms with E-state index in [4.69, 9.17) is 14.2 Å². The number of hydrogen-bond donors (Lipinski definition) is 0. The van der Waals surface area contributed by atoms with Crippen LogP contribution < -0.4 is 4.74 Å². The molecule has 2 aromatic rings. The normalized spacial score (nSPS) is 23.4. The zero-order chi connectivity index (χ0) is 27.8. The van der Waals surface area contributed by atoms with Gasteiger partial charge in [-0.05, 0) is 105 Å². The number of carbonyl (C=O) groups is 1. The first-order valence-corrected chi connectivity index (χ1v) is 14.6. The number of unbranched alkanes of at least 4 members (excludes halogenated alkanes) is 1. The van der Waals surface area contributed by atoms with Crippen LogP contribution in [0.5, 0.6) is 5.75 Å². The maximum Gasteiger partial charge on any atom is 0.341 e. The molecule has 0 unspecified atom stereocenters. The molecule has 214 valence electrons. The summed E-state index contributed by atoms with van der Waals surface area (Å²) in [5.74, 6) is -2.95. The topological polar surface area (TPSA) is 44.8 Å². The van der Waals surface area contributed by atoms with Crippen LogP contribution in [0.4, 0.5) is 13.2 Å². The molecule has 0 aliphatic heterocycles. The summed E-state index contributed by atoms with van der Waals surface area (Å²) < 4.78 is 61.4. The van der Waals surface area contributed by atoms with Crippen molar-refractivity contribution in [2.75, 3.05) is 13.2 Å². The fraction of sp³-hybridized carbons (Fsp3) is 0.594. The van der Waals surface area contributed by atoms with E-state index in [9.17, 15) is 13.6 Å². The Morgan fingerprint density at radius 3 is 2.15 bits per heavy atom. The Labute approximate surface area is 230 Å². The largest absolute Gasteiger partial charge is 0.491 e. The van der Waals surface area contributed by atoms with Crippen molar-refractivity contribution in [2.45, 2.75) is 109 Å². The minimum absolute atomic E-state index is 0.0804. The molecule has 0 aromatic heterocycles. The molecule has 0 radical (unpaired) electrons. The lowest BCUT2D eigenvalue weighted by Gasteiger charge is -2.29. The SMILES string of the molecule is CCCCOc1ccc(C2CCC(OC(=O)c3ccc(C4CCC(OCCC)CC4)c(F)c3F)CC2)cc1F. The number of halogens is 3. The second kappa shape index (κ2) is 14.2. The van der Waals surface area contributed by atoms with E-state index in [0.29, 0.717) is 37.9 Å². The van der Waals surface area contributed by atoms with Crippen LogP contribution in [0.3, 0.4) is 0 Å². The highest BCUT2D eigenvalue weighted by Crippen LogP contribution is 2.38. The molecule has 2 aromatic carbocycles. The van der Waals surface area contributed by atoms with Gasteiger partial charge in [-0.25, -0.2) is 18.0 Å². The number of esters is 1. The minimum atomic E-state index is -1.13. The lowest BCUT2D eigenvalue weighted by Crippen LogP contribution is -2.25. The van der Waals surface area contributed by atoms with Crippen LogP contribution in [-0.4, -0.2) is 31.4 Å². The smallest absolute Gasteiger partial charge is 0.341 e. The first-order chi connectivity index (χ1) is 18.9. The molecule has 39 heavy (non-hydrogen) atoms. The zero-order valence-corrected chi connectivity index (χ0v) is 23.2. The van der Waals surface area contributed by atoms with E-state index in [1.165, 1.54) is 18.2 Å². The van der Waals surface area contributed by atoms with Crippen LogP contribution in [0, 0.1) is 17.5 Å². The average Bonchev–Trinajstić information content (AvgIpc) is 2.95. The van der Waals surface area contributed by atoms with Crippen molar-refractivity contribution in [2.24, 2.45) is 0 Å². The minimum Gasteiger partial charge on any atom is -0.491 e. The molecule has 2 aliphatic carbocycles. The number of hydrogen-bond acceptors (Lipinski definition) is 4. The third-order valence-corrected chi connectivity index (χ3v) is 8.13. The van der Waals surface area contributed by atoms with E-state index in [2.05, 4.69) is 13.8 Å². The van der Waals surface area contributed by atoms with Gasteiger partial charge < -0.3 is 14.2 Å². The summed E-state index contributed by atoms with van der Waals surface area (Å²) in [5, 5.41) is 0. The molecule has 0 saturated heterocycles. The predicted octanol–water partition coefficient (Wildman–Crippen LogP) is 8.62. The Kier molecular flexibility index (Phi) is 10.7. The van der Waals surface area contributed by atoms with Crippen LogP contribution in [0.25, 0.3) is 0 Å². The van der Waals surface area contributed by atoms with Gasteiger partial charge in [-0.3, -0.25) is 0 Å². The predicted molar refractivity (Wildman–Crippen MR) is 145 cm³/mol. The third kappa shape index (κ3) is 7.56. The first kappa shape index (κ1) is 29.4. The fourth-order valence-electron chi connectivity index (χ4n) is 5.81. The Balaban J connectivity index is 1.29. The Morgan fingerprint density at radius 2 is 1.49 bits per heavy atom. The Bertz CT molecular complexity index is 1090. The highest BCUT2D eigenvalue weighted by atomic mass is 19.2. The number of ether oxygens (including phenoxy) is 3. The van der Waals surface area contributed by atoms with Gasteiger partial charge in [0.2, 0.25) is 0 Å². The van der Waals surface area contributed by atoms with Crippen molar-refractivity contribution in [1.82, 2.24) is 0 Å². The summed E-state index contributed by atoms with van der Waals surface area (Å²) in [6.07, 6.45) is 8.32. The van der Waals surface area contributed by atoms with Crippen molar-refractivity contribution >= 4 is 5.97 Å². The first-order valence-electron chi connectivity index (χ1n) is 14.6. The van der Waals surface area contributed by atoms with Crippen LogP contribution in [0.2, 0.25) is 0 Å². The van der Waals surface area contributed by atoms with Crippen molar-refractivity contribution in [3.63, 3.8) is 0 Å². The molecule has 0 amide bonds. The van der Waals surface area contributed by atoms with E-state index < -0.39 is 17.6 Å². The second-order valence-electron chi connectivity index (χ2n) is 10.9. The van der Waals surface area contributed by atoms with E-state index >= 15 is 4.39 Å². The summed E-state index contributed by atoms with van der Waals surface area (Å²) >= 11 is 0. The van der Waals surface area contributed by atoms with Gasteiger partial charge >= 0.3 is 5.97 Å². The standard InChI is InChI=1S/C32H41F3O4/c1-3-5-19-38-29-17-10-23(20-28(29)33)21-6-13-25(14-7-21)39-32(36)27-16-15-26(30(34)31(27)35)22-8-11-24(12-9-22)37-18-4-2/h10,15-17,20-22,24-25H,3-9,11-14,18-19H2,1-2H3. The summed E-state index contributed by atoms with van der Waals surface area (Å²) in [4.78, 5) is 12.7. The van der Waals surface area contributed by atoms with E-state index in [1.807, 2.05) is 6.07 Å². The van der Waals surface area contributed by atoms with Crippen LogP contribution in [0.15, 0.2) is 30.3 Å². The number of benzene rings is 2. The molecule has 7 heteroatoms. The lowest BCUT2D eigenvalue weighted by molar-refractivity contribution is 0.0189. The summed E-state index contributed by atoms with van der Waals surface area (Å²) in [7, 11) is 0. The van der Waals surface area contributed by atoms with Crippen molar-refractivity contribution in [1.29, 1.82) is 0 Å². The fourth-order valence-corrected chi connectivity index (χ4v) is 5.81. The van der Waals surface area contributed by atoms with Crippen LogP contribution in [0.1, 0.15) is 118 Å². The molecule has 4 rings (SSSR count). The number of carbonyl (C=O) groups excluding carboxylic acids is 1. The molecule has 2 saturated carbocycles. The lowest BCUT2D eigenvalue weighted by atomic mass is 9.82. The quantitative estimate of drug-likeness (QED) is 0.209. The van der Waals surface area contributed by atoms with E-state index in [-0.39, 0.29) is 41.2 Å². The van der Waals surface area contributed by atoms with Crippen molar-refractivity contribution < 1.29 is 32.2 Å². The molecule has 0 bridgehead atoms. The average molecular weight is 547 g/mol. The molecule has 0 spiro atoms. The molecule has 0 heterocycles. The summed E-state index contributed by atoms with van der Waals surface area (Å²) in [6.45, 7) is 5.33. The molecule has 2 aliphatic rings. The second-order valence-corrected chi connectivity index (χ2v) is 10.9. The zero-order valence-electron chi connectivity index (χ0n) is 23.2. The van der Waals surface area contributed by atoms with Crippen LogP contribution in [-0.2, 0) is 9.47 Å². The van der Waals surface area contributed by atoms with E-state index in [0.717, 1.165) is 57.1 Å². The van der Waals surface area contributed by atoms with Gasteiger partial charge in [-0.1, -0.05) is 32.4 Å². The van der Waals surface area contributed by atoms with Crippen molar-refractivity contribution in [3.05, 3.63) is 64.5 Å². The van der Waals surface area contributed by atoms with Gasteiger partial charge in [-0.15, -0.1) is 0 Å². The summed E-state index contributed by atoms with van der Waals surface area (Å²) in [5.41, 5.74) is 0.862. The van der Waals surface area contributed by atoms with Gasteiger partial charge in [0.1, 0.15) is 6.10 Å². The molecule has 2 fully saturated rings. The van der Waals surface area contributed by atoms with Gasteiger partial charge in [0, 0.05) is 6.61 Å². The Hall–Kier alpha value is -2.54. The highest BCUT2D eigenvalue weighted by molar-refractivity contribution is 5.90. The summed E-state index contributed by atoms with van der Waals surface area (Å²) in [6, 6.07) is 8.00. The van der Waals surface area contributed by atoms with Gasteiger partial charge in [0.05, 0.1) is 18.3 Å². The van der Waals surface area contributed by atoms with Gasteiger partial charge in [-0.2, -0.15) is 0 Å². The molecular formula is C32H41F3O4. The van der Waals surface area contributed by atoms with Crippen LogP contribution >= 0.6 is 0 Å². The molecule has 0 N–H and O–H groups in total. The van der Waals surface area contributed by atoms with Crippen molar-refractivity contribution in [3.8, 4) is 5.75 Å². The monoisotopic (exact) mass is 546 g/mol. The maximum absolute atomic E-state index is 15.0. The maximum atomic E-state index is 15.0. The molecule has 4 nitrogen and oxygen atoms in total. The molecular weight excluding hydrogens is 505 g/mol. The Morgan fingerprint density at radius 1 is 0.795 bits per heavy atom. The molecule has 0 atom stereocenters. The number of rotatable bonds is 11. The highest BCUT2D eigenvalue weighted by Gasteiger charge is 2.30. The van der Waals surface area contributed by atoms with Gasteiger partial charge in [0.25, 0.3) is 0 Å². The van der Waals surface area contributed by atoms with Gasteiger partial charge in [0.15, 0.2) is 23.2 Å². The third-order valence-electron chi connectivity index (χ3n) is 8.13. The van der Waals surface area contributed by atoms with E-state index in [1.54, 1.807) is 6.07 Å².